The molecule has 146 valence electrons. The Kier molecular flexibility index (Phi) is 6.45. The van der Waals surface area contributed by atoms with Crippen molar-refractivity contribution in [2.75, 3.05) is 31.5 Å². The van der Waals surface area contributed by atoms with Crippen molar-refractivity contribution in [3.05, 3.63) is 45.8 Å². The Hall–Kier alpha value is -1.16. The third-order valence-corrected chi connectivity index (χ3v) is 8.13. The van der Waals surface area contributed by atoms with Gasteiger partial charge in [-0.25, -0.2) is 8.42 Å². The van der Waals surface area contributed by atoms with E-state index in [4.69, 9.17) is 23.2 Å². The van der Waals surface area contributed by atoms with E-state index in [0.29, 0.717) is 46.1 Å². The van der Waals surface area contributed by atoms with Crippen molar-refractivity contribution in [1.82, 2.24) is 9.21 Å². The van der Waals surface area contributed by atoms with Crippen molar-refractivity contribution in [3.8, 4) is 0 Å². The van der Waals surface area contributed by atoms with Gasteiger partial charge in [-0.15, -0.1) is 11.3 Å². The SMILES string of the molecule is CC(C(=O)Nc1cc(Cl)cc(Cl)c1)N1CCN(S(=O)(=O)c2cccs2)CC1. The highest BCUT2D eigenvalue weighted by molar-refractivity contribution is 7.91. The Balaban J connectivity index is 1.59. The fraction of sp³-hybridized carbons (Fsp3) is 0.353. The Morgan fingerprint density at radius 1 is 1.15 bits per heavy atom. The van der Waals surface area contributed by atoms with Crippen LogP contribution in [0, 0.1) is 0 Å². The molecule has 1 aliphatic rings. The molecule has 1 atom stereocenters. The number of amides is 1. The molecule has 1 fully saturated rings. The van der Waals surface area contributed by atoms with Crippen LogP contribution in [0.4, 0.5) is 5.69 Å². The molecule has 0 radical (unpaired) electrons. The smallest absolute Gasteiger partial charge is 0.252 e. The number of carbonyl (C=O) groups is 1. The minimum Gasteiger partial charge on any atom is -0.325 e. The maximum absolute atomic E-state index is 12.6. The molecule has 1 unspecified atom stereocenters. The number of benzene rings is 1. The first-order valence-electron chi connectivity index (χ1n) is 8.32. The van der Waals surface area contributed by atoms with Crippen LogP contribution >= 0.6 is 34.5 Å². The Bertz CT molecular complexity index is 891. The Labute approximate surface area is 172 Å². The molecule has 0 saturated carbocycles. The van der Waals surface area contributed by atoms with Crippen LogP contribution in [0.15, 0.2) is 39.9 Å². The highest BCUT2D eigenvalue weighted by atomic mass is 35.5. The van der Waals surface area contributed by atoms with Gasteiger partial charge in [-0.3, -0.25) is 9.69 Å². The summed E-state index contributed by atoms with van der Waals surface area (Å²) in [7, 11) is -3.45. The standard InChI is InChI=1S/C17H19Cl2N3O3S2/c1-12(17(23)20-15-10-13(18)9-14(19)11-15)21-4-6-22(7-5-21)27(24,25)16-3-2-8-26-16/h2-3,8-12H,4-7H2,1H3,(H,20,23). The summed E-state index contributed by atoms with van der Waals surface area (Å²) < 4.78 is 27.0. The van der Waals surface area contributed by atoms with E-state index in [9.17, 15) is 13.2 Å². The number of sulfonamides is 1. The van der Waals surface area contributed by atoms with Gasteiger partial charge in [0.1, 0.15) is 4.21 Å². The molecule has 0 bridgehead atoms. The van der Waals surface area contributed by atoms with E-state index in [0.717, 1.165) is 0 Å². The number of rotatable bonds is 5. The second-order valence-corrected chi connectivity index (χ2v) is 10.2. The van der Waals surface area contributed by atoms with Gasteiger partial charge in [-0.1, -0.05) is 29.3 Å². The zero-order chi connectivity index (χ0) is 19.6. The zero-order valence-corrected chi connectivity index (χ0v) is 17.7. The fourth-order valence-electron chi connectivity index (χ4n) is 2.91. The predicted octanol–water partition coefficient (Wildman–Crippen LogP) is 3.39. The Morgan fingerprint density at radius 2 is 1.78 bits per heavy atom. The van der Waals surface area contributed by atoms with E-state index in [-0.39, 0.29) is 5.91 Å². The second-order valence-electron chi connectivity index (χ2n) is 6.20. The average Bonchev–Trinajstić information content (AvgIpc) is 3.16. The molecule has 0 aliphatic carbocycles. The van der Waals surface area contributed by atoms with Crippen molar-refractivity contribution in [3.63, 3.8) is 0 Å². The number of thiophene rings is 1. The van der Waals surface area contributed by atoms with Gasteiger partial charge in [-0.05, 0) is 36.6 Å². The lowest BCUT2D eigenvalue weighted by Crippen LogP contribution is -2.53. The van der Waals surface area contributed by atoms with Crippen LogP contribution < -0.4 is 5.32 Å². The molecule has 27 heavy (non-hydrogen) atoms. The van der Waals surface area contributed by atoms with Crippen LogP contribution in [0.3, 0.4) is 0 Å². The lowest BCUT2D eigenvalue weighted by Gasteiger charge is -2.36. The number of carbonyl (C=O) groups excluding carboxylic acids is 1. The third kappa shape index (κ3) is 4.82. The molecule has 1 aromatic carbocycles. The van der Waals surface area contributed by atoms with Crippen molar-refractivity contribution in [2.24, 2.45) is 0 Å². The second kappa shape index (κ2) is 8.46. The van der Waals surface area contributed by atoms with Gasteiger partial charge < -0.3 is 5.32 Å². The van der Waals surface area contributed by atoms with Gasteiger partial charge in [-0.2, -0.15) is 4.31 Å². The maximum atomic E-state index is 12.6. The molecule has 3 rings (SSSR count). The zero-order valence-electron chi connectivity index (χ0n) is 14.6. The van der Waals surface area contributed by atoms with Gasteiger partial charge in [0.05, 0.1) is 6.04 Å². The van der Waals surface area contributed by atoms with E-state index in [2.05, 4.69) is 5.32 Å². The van der Waals surface area contributed by atoms with Gasteiger partial charge >= 0.3 is 0 Å². The van der Waals surface area contributed by atoms with Crippen LogP contribution in [0.2, 0.25) is 10.0 Å². The third-order valence-electron chi connectivity index (χ3n) is 4.42. The summed E-state index contributed by atoms with van der Waals surface area (Å²) in [4.78, 5) is 14.5. The van der Waals surface area contributed by atoms with E-state index < -0.39 is 16.1 Å². The topological polar surface area (TPSA) is 69.7 Å². The largest absolute Gasteiger partial charge is 0.325 e. The number of nitrogens with one attached hydrogen (secondary N) is 1. The van der Waals surface area contributed by atoms with Crippen molar-refractivity contribution < 1.29 is 13.2 Å². The quantitative estimate of drug-likeness (QED) is 0.762. The summed E-state index contributed by atoms with van der Waals surface area (Å²) >= 11 is 13.1. The molecular weight excluding hydrogens is 429 g/mol. The summed E-state index contributed by atoms with van der Waals surface area (Å²) in [5.41, 5.74) is 0.531. The number of hydrogen-bond donors (Lipinski definition) is 1. The molecule has 1 amide bonds. The lowest BCUT2D eigenvalue weighted by molar-refractivity contribution is -0.121. The highest BCUT2D eigenvalue weighted by Gasteiger charge is 2.32. The minimum atomic E-state index is -3.45. The van der Waals surface area contributed by atoms with Gasteiger partial charge in [0.25, 0.3) is 10.0 Å². The fourth-order valence-corrected chi connectivity index (χ4v) is 6.00. The number of anilines is 1. The van der Waals surface area contributed by atoms with Crippen molar-refractivity contribution in [1.29, 1.82) is 0 Å². The first-order chi connectivity index (χ1) is 12.8. The van der Waals surface area contributed by atoms with Crippen molar-refractivity contribution in [2.45, 2.75) is 17.2 Å². The Morgan fingerprint density at radius 3 is 2.33 bits per heavy atom. The number of hydrogen-bond acceptors (Lipinski definition) is 5. The monoisotopic (exact) mass is 447 g/mol. The molecule has 1 saturated heterocycles. The van der Waals surface area contributed by atoms with Crippen LogP contribution in [0.25, 0.3) is 0 Å². The van der Waals surface area contributed by atoms with Crippen LogP contribution in [0.1, 0.15) is 6.92 Å². The summed E-state index contributed by atoms with van der Waals surface area (Å²) in [5.74, 6) is -0.192. The molecule has 2 heterocycles. The molecule has 1 aliphatic heterocycles. The van der Waals surface area contributed by atoms with Crippen molar-refractivity contribution >= 4 is 56.2 Å². The van der Waals surface area contributed by atoms with E-state index in [1.54, 1.807) is 42.6 Å². The van der Waals surface area contributed by atoms with E-state index in [1.807, 2.05) is 4.90 Å². The molecule has 6 nitrogen and oxygen atoms in total. The average molecular weight is 448 g/mol. The summed E-state index contributed by atoms with van der Waals surface area (Å²) in [6.07, 6.45) is 0. The summed E-state index contributed by atoms with van der Waals surface area (Å²) in [5, 5.41) is 5.44. The summed E-state index contributed by atoms with van der Waals surface area (Å²) in [6, 6.07) is 7.78. The minimum absolute atomic E-state index is 0.192. The first-order valence-corrected chi connectivity index (χ1v) is 11.4. The molecule has 1 aromatic heterocycles. The number of piperazine rings is 1. The molecular formula is C17H19Cl2N3O3S2. The highest BCUT2D eigenvalue weighted by Crippen LogP contribution is 2.24. The number of nitrogens with zero attached hydrogens (tertiary/aromatic N) is 2. The van der Waals surface area contributed by atoms with Crippen LogP contribution in [-0.2, 0) is 14.8 Å². The molecule has 1 N–H and O–H groups in total. The summed E-state index contributed by atoms with van der Waals surface area (Å²) in [6.45, 7) is 3.46. The van der Waals surface area contributed by atoms with E-state index >= 15 is 0 Å². The number of halogens is 2. The first kappa shape index (κ1) is 20.6. The maximum Gasteiger partial charge on any atom is 0.252 e. The predicted molar refractivity (Wildman–Crippen MR) is 109 cm³/mol. The normalized spacial score (nSPS) is 17.6. The van der Waals surface area contributed by atoms with Gasteiger partial charge in [0.2, 0.25) is 5.91 Å². The van der Waals surface area contributed by atoms with Gasteiger partial charge in [0, 0.05) is 41.9 Å². The van der Waals surface area contributed by atoms with Crippen LogP contribution in [-0.4, -0.2) is 55.8 Å². The lowest BCUT2D eigenvalue weighted by atomic mass is 10.2. The van der Waals surface area contributed by atoms with E-state index in [1.165, 1.54) is 15.6 Å². The molecule has 0 spiro atoms. The van der Waals surface area contributed by atoms with Crippen LogP contribution in [0.5, 0.6) is 0 Å². The molecule has 2 aromatic rings. The van der Waals surface area contributed by atoms with Gasteiger partial charge in [0.15, 0.2) is 0 Å². The molecule has 10 heteroatoms.